The molecular formula is C17H19N5O3. The Morgan fingerprint density at radius 3 is 3.12 bits per heavy atom. The minimum Gasteiger partial charge on any atom is -0.493 e. The minimum absolute atomic E-state index is 0.0439. The highest BCUT2D eigenvalue weighted by molar-refractivity contribution is 5.67. The number of hydrogen-bond acceptors (Lipinski definition) is 7. The van der Waals surface area contributed by atoms with Crippen LogP contribution >= 0.6 is 0 Å². The van der Waals surface area contributed by atoms with Crippen molar-refractivity contribution in [2.45, 2.75) is 18.6 Å². The number of aliphatic hydroxyl groups is 1. The molecule has 0 saturated carbocycles. The van der Waals surface area contributed by atoms with Crippen LogP contribution in [0.25, 0.3) is 6.08 Å². The van der Waals surface area contributed by atoms with Gasteiger partial charge in [-0.05, 0) is 29.8 Å². The largest absolute Gasteiger partial charge is 0.493 e. The third-order valence-corrected chi connectivity index (χ3v) is 4.42. The molecule has 3 heterocycles. The Morgan fingerprint density at radius 1 is 1.40 bits per heavy atom. The van der Waals surface area contributed by atoms with E-state index in [4.69, 9.17) is 4.74 Å². The van der Waals surface area contributed by atoms with E-state index in [0.29, 0.717) is 31.3 Å². The molecule has 0 spiro atoms. The first-order chi connectivity index (χ1) is 12.1. The van der Waals surface area contributed by atoms with Crippen LogP contribution in [0.5, 0.6) is 5.88 Å². The molecular weight excluding hydrogens is 322 g/mol. The van der Waals surface area contributed by atoms with Crippen molar-refractivity contribution < 1.29 is 14.9 Å². The van der Waals surface area contributed by atoms with E-state index in [2.05, 4.69) is 20.3 Å². The van der Waals surface area contributed by atoms with E-state index >= 15 is 0 Å². The van der Waals surface area contributed by atoms with Gasteiger partial charge in [-0.1, -0.05) is 6.07 Å². The second-order valence-corrected chi connectivity index (χ2v) is 6.15. The van der Waals surface area contributed by atoms with Crippen molar-refractivity contribution >= 4 is 24.1 Å². The summed E-state index contributed by atoms with van der Waals surface area (Å²) in [4.78, 5) is 12.8. The third kappa shape index (κ3) is 3.01. The van der Waals surface area contributed by atoms with Crippen molar-refractivity contribution in [3.63, 3.8) is 0 Å². The predicted molar refractivity (Wildman–Crippen MR) is 92.7 cm³/mol. The summed E-state index contributed by atoms with van der Waals surface area (Å²) in [5.74, 6) is 0.523. The molecule has 0 aliphatic carbocycles. The lowest BCUT2D eigenvalue weighted by molar-refractivity contribution is 0.00285. The number of aliphatic hydroxyl groups excluding tert-OH is 1. The highest BCUT2D eigenvalue weighted by atomic mass is 16.5. The number of nitrogens with one attached hydrogen (secondary N) is 1. The van der Waals surface area contributed by atoms with Gasteiger partial charge in [-0.25, -0.2) is 15.0 Å². The molecule has 25 heavy (non-hydrogen) atoms. The van der Waals surface area contributed by atoms with Crippen LogP contribution < -0.4 is 15.9 Å². The molecule has 1 fully saturated rings. The van der Waals surface area contributed by atoms with Gasteiger partial charge < -0.3 is 20.3 Å². The van der Waals surface area contributed by atoms with Crippen molar-refractivity contribution in [3.05, 3.63) is 34.5 Å². The molecule has 130 valence electrons. The van der Waals surface area contributed by atoms with Gasteiger partial charge in [0, 0.05) is 13.7 Å². The van der Waals surface area contributed by atoms with Gasteiger partial charge in [-0.2, -0.15) is 0 Å². The maximum atomic E-state index is 10.4. The number of rotatable bonds is 3. The normalized spacial score (nSPS) is 22.7. The molecule has 2 aromatic rings. The van der Waals surface area contributed by atoms with E-state index in [1.54, 1.807) is 17.7 Å². The Balaban J connectivity index is 1.64. The second-order valence-electron chi connectivity index (χ2n) is 6.15. The van der Waals surface area contributed by atoms with E-state index < -0.39 is 6.10 Å². The summed E-state index contributed by atoms with van der Waals surface area (Å²) in [5.41, 5.74) is 1.24. The molecule has 4 rings (SSSR count). The lowest BCUT2D eigenvalue weighted by atomic mass is 10.1. The Hall–Kier alpha value is -2.71. The minimum atomic E-state index is -0.502. The molecule has 3 N–H and O–H groups in total. The summed E-state index contributed by atoms with van der Waals surface area (Å²) in [6.07, 6.45) is 3.38. The van der Waals surface area contributed by atoms with Crippen LogP contribution in [0.15, 0.2) is 28.2 Å². The first-order valence-corrected chi connectivity index (χ1v) is 8.12. The van der Waals surface area contributed by atoms with Gasteiger partial charge >= 0.3 is 0 Å². The summed E-state index contributed by atoms with van der Waals surface area (Å²) in [5, 5.41) is 25.3. The van der Waals surface area contributed by atoms with E-state index in [1.165, 1.54) is 6.34 Å². The number of anilines is 1. The van der Waals surface area contributed by atoms with E-state index in [9.17, 15) is 10.2 Å². The summed E-state index contributed by atoms with van der Waals surface area (Å²) in [6, 6.07) is 5.42. The number of hydrogen-bond donors (Lipinski definition) is 3. The van der Waals surface area contributed by atoms with Crippen LogP contribution in [-0.2, 0) is 11.8 Å². The fourth-order valence-corrected chi connectivity index (χ4v) is 2.92. The van der Waals surface area contributed by atoms with Crippen LogP contribution in [0, 0.1) is 0 Å². The number of ether oxygens (including phenoxy) is 1. The fourth-order valence-electron chi connectivity index (χ4n) is 2.92. The summed E-state index contributed by atoms with van der Waals surface area (Å²) < 4.78 is 6.94. The van der Waals surface area contributed by atoms with Gasteiger partial charge in [-0.15, -0.1) is 0 Å². The monoisotopic (exact) mass is 341 g/mol. The Kier molecular flexibility index (Phi) is 3.98. The van der Waals surface area contributed by atoms with Gasteiger partial charge in [0.05, 0.1) is 29.8 Å². The standard InChI is InChI=1S/C17H19N5O3/c1-22-16(24)13(7-10-2-3-11-12(6-10)19-9-18-11)20-17(22)21-14-8-25-5-4-15(14)23/h2-3,6-7,9,14-15,23-24H,4-5,8H2,1H3,(H,20,21)/t14-,15-/m1/s1. The zero-order chi connectivity index (χ0) is 17.4. The molecule has 2 aliphatic heterocycles. The smallest absolute Gasteiger partial charge is 0.220 e. The van der Waals surface area contributed by atoms with Crippen molar-refractivity contribution in [3.8, 4) is 5.88 Å². The van der Waals surface area contributed by atoms with Crippen molar-refractivity contribution in [1.29, 1.82) is 0 Å². The number of aliphatic imine (C=N–C) groups is 1. The predicted octanol–water partition coefficient (Wildman–Crippen LogP) is -0.191. The Bertz CT molecular complexity index is 950. The summed E-state index contributed by atoms with van der Waals surface area (Å²) in [6.45, 7) is 0.956. The van der Waals surface area contributed by atoms with Crippen LogP contribution in [0.4, 0.5) is 11.6 Å². The van der Waals surface area contributed by atoms with Crippen LogP contribution in [0.3, 0.4) is 0 Å². The molecule has 8 heteroatoms. The van der Waals surface area contributed by atoms with Crippen molar-refractivity contribution in [2.24, 2.45) is 17.0 Å². The van der Waals surface area contributed by atoms with Gasteiger partial charge in [-0.3, -0.25) is 4.57 Å². The summed E-state index contributed by atoms with van der Waals surface area (Å²) in [7, 11) is 1.71. The van der Waals surface area contributed by atoms with E-state index in [0.717, 1.165) is 16.3 Å². The van der Waals surface area contributed by atoms with E-state index in [1.807, 2.05) is 18.2 Å². The highest BCUT2D eigenvalue weighted by Crippen LogP contribution is 2.23. The molecule has 0 unspecified atom stereocenters. The molecule has 0 amide bonds. The maximum Gasteiger partial charge on any atom is 0.220 e. The third-order valence-electron chi connectivity index (χ3n) is 4.42. The topological polar surface area (TPSA) is 104 Å². The van der Waals surface area contributed by atoms with Crippen LogP contribution in [0.2, 0.25) is 0 Å². The Morgan fingerprint density at radius 2 is 2.28 bits per heavy atom. The molecule has 2 atom stereocenters. The number of imidazole rings is 1. The fraction of sp³-hybridized carbons (Fsp3) is 0.353. The molecule has 1 aromatic heterocycles. The Labute approximate surface area is 143 Å². The quantitative estimate of drug-likeness (QED) is 0.718. The number of benzene rings is 1. The highest BCUT2D eigenvalue weighted by Gasteiger charge is 2.25. The molecule has 1 aromatic carbocycles. The average molecular weight is 341 g/mol. The molecule has 0 radical (unpaired) electrons. The number of fused-ring (bicyclic) bond motifs is 1. The van der Waals surface area contributed by atoms with Crippen molar-refractivity contribution in [2.75, 3.05) is 18.5 Å². The molecule has 1 saturated heterocycles. The van der Waals surface area contributed by atoms with Gasteiger partial charge in [0.2, 0.25) is 11.8 Å². The average Bonchev–Trinajstić information content (AvgIpc) is 3.17. The first-order valence-electron chi connectivity index (χ1n) is 8.12. The lowest BCUT2D eigenvalue weighted by Gasteiger charge is -2.28. The maximum absolute atomic E-state index is 10.4. The van der Waals surface area contributed by atoms with Gasteiger partial charge in [0.25, 0.3) is 0 Å². The zero-order valence-electron chi connectivity index (χ0n) is 13.8. The number of aromatic nitrogens is 2. The SMILES string of the molecule is Cn1c(N[C@@H]2COCC[C@H]2O)nc(C=c2ccc3c(c2)N=CN=3)c1O. The number of nitrogens with zero attached hydrogens (tertiary/aromatic N) is 4. The lowest BCUT2D eigenvalue weighted by Crippen LogP contribution is -2.42. The molecule has 2 aliphatic rings. The van der Waals surface area contributed by atoms with Crippen LogP contribution in [-0.4, -0.2) is 51.5 Å². The van der Waals surface area contributed by atoms with Gasteiger partial charge in [0.1, 0.15) is 12.0 Å². The van der Waals surface area contributed by atoms with Crippen molar-refractivity contribution in [1.82, 2.24) is 9.55 Å². The first kappa shape index (κ1) is 15.8. The van der Waals surface area contributed by atoms with Crippen LogP contribution in [0.1, 0.15) is 12.1 Å². The van der Waals surface area contributed by atoms with Gasteiger partial charge in [0.15, 0.2) is 0 Å². The molecule has 0 bridgehead atoms. The molecule has 8 nitrogen and oxygen atoms in total. The second kappa shape index (κ2) is 6.30. The summed E-state index contributed by atoms with van der Waals surface area (Å²) >= 11 is 0. The van der Waals surface area contributed by atoms with E-state index in [-0.39, 0.29) is 11.9 Å². The number of aromatic hydroxyl groups is 1. The zero-order valence-corrected chi connectivity index (χ0v) is 13.8.